The van der Waals surface area contributed by atoms with Gasteiger partial charge in [-0.1, -0.05) is 13.3 Å². The highest BCUT2D eigenvalue weighted by Gasteiger charge is 2.13. The molecule has 0 bridgehead atoms. The number of ether oxygens (including phenoxy) is 1. The standard InChI is InChI=1S/C13H19NO3/c1-3-5-10-14(13(15)16)11-6-8-12(9-7-11)17-4-2/h6-9H,3-5,10H2,1-2H3,(H,15,16). The Morgan fingerprint density at radius 1 is 1.29 bits per heavy atom. The topological polar surface area (TPSA) is 49.8 Å². The first-order valence-corrected chi connectivity index (χ1v) is 5.92. The Bertz CT molecular complexity index is 348. The molecule has 1 N–H and O–H groups in total. The summed E-state index contributed by atoms with van der Waals surface area (Å²) >= 11 is 0. The predicted molar refractivity (Wildman–Crippen MR) is 67.9 cm³/mol. The van der Waals surface area contributed by atoms with Crippen LogP contribution in [0, 0.1) is 0 Å². The molecule has 1 rings (SSSR count). The molecule has 0 heterocycles. The van der Waals surface area contributed by atoms with Crippen LogP contribution in [0.25, 0.3) is 0 Å². The van der Waals surface area contributed by atoms with Gasteiger partial charge in [-0.15, -0.1) is 0 Å². The molecule has 4 nitrogen and oxygen atoms in total. The van der Waals surface area contributed by atoms with Crippen molar-refractivity contribution in [2.45, 2.75) is 26.7 Å². The molecule has 0 unspecified atom stereocenters. The van der Waals surface area contributed by atoms with E-state index in [9.17, 15) is 4.79 Å². The maximum absolute atomic E-state index is 11.1. The number of unbranched alkanes of at least 4 members (excludes halogenated alkanes) is 1. The summed E-state index contributed by atoms with van der Waals surface area (Å²) in [5.74, 6) is 0.761. The second kappa shape index (κ2) is 6.78. The Labute approximate surface area is 102 Å². The van der Waals surface area contributed by atoms with Crippen LogP contribution in [0.1, 0.15) is 26.7 Å². The SMILES string of the molecule is CCCCN(C(=O)O)c1ccc(OCC)cc1. The number of hydrogen-bond acceptors (Lipinski definition) is 2. The van der Waals surface area contributed by atoms with Gasteiger partial charge in [-0.05, 0) is 37.6 Å². The van der Waals surface area contributed by atoms with Crippen molar-refractivity contribution in [3.63, 3.8) is 0 Å². The third-order valence-electron chi connectivity index (χ3n) is 2.43. The van der Waals surface area contributed by atoms with E-state index in [4.69, 9.17) is 9.84 Å². The Kier molecular flexibility index (Phi) is 5.33. The number of amides is 1. The number of nitrogens with zero attached hydrogens (tertiary/aromatic N) is 1. The quantitative estimate of drug-likeness (QED) is 0.825. The minimum absolute atomic E-state index is 0.528. The van der Waals surface area contributed by atoms with E-state index in [1.54, 1.807) is 24.3 Å². The summed E-state index contributed by atoms with van der Waals surface area (Å²) in [7, 11) is 0. The van der Waals surface area contributed by atoms with Gasteiger partial charge in [0.1, 0.15) is 5.75 Å². The predicted octanol–water partition coefficient (Wildman–Crippen LogP) is 3.37. The van der Waals surface area contributed by atoms with Gasteiger partial charge in [0.2, 0.25) is 0 Å². The fourth-order valence-electron chi connectivity index (χ4n) is 1.54. The Morgan fingerprint density at radius 3 is 2.41 bits per heavy atom. The van der Waals surface area contributed by atoms with Gasteiger partial charge in [0.15, 0.2) is 0 Å². The Balaban J connectivity index is 2.76. The number of rotatable bonds is 6. The van der Waals surface area contributed by atoms with E-state index in [-0.39, 0.29) is 0 Å². The number of benzene rings is 1. The molecule has 1 aromatic carbocycles. The lowest BCUT2D eigenvalue weighted by Gasteiger charge is -2.19. The summed E-state index contributed by atoms with van der Waals surface area (Å²) in [5.41, 5.74) is 0.689. The summed E-state index contributed by atoms with van der Waals surface area (Å²) < 4.78 is 5.32. The lowest BCUT2D eigenvalue weighted by molar-refractivity contribution is 0.201. The normalized spacial score (nSPS) is 10.0. The highest BCUT2D eigenvalue weighted by Crippen LogP contribution is 2.20. The molecule has 0 aliphatic rings. The molecule has 0 saturated heterocycles. The second-order valence-corrected chi connectivity index (χ2v) is 3.71. The van der Waals surface area contributed by atoms with Gasteiger partial charge in [-0.2, -0.15) is 0 Å². The number of hydrogen-bond donors (Lipinski definition) is 1. The largest absolute Gasteiger partial charge is 0.494 e. The van der Waals surface area contributed by atoms with Crippen LogP contribution in [0.4, 0.5) is 10.5 Å². The van der Waals surface area contributed by atoms with E-state index < -0.39 is 6.09 Å². The number of carbonyl (C=O) groups is 1. The molecule has 4 heteroatoms. The van der Waals surface area contributed by atoms with Crippen LogP contribution >= 0.6 is 0 Å². The van der Waals surface area contributed by atoms with E-state index in [1.165, 1.54) is 4.90 Å². The lowest BCUT2D eigenvalue weighted by Crippen LogP contribution is -2.30. The molecular formula is C13H19NO3. The zero-order valence-corrected chi connectivity index (χ0v) is 10.3. The monoisotopic (exact) mass is 237 g/mol. The molecule has 0 aliphatic heterocycles. The molecule has 17 heavy (non-hydrogen) atoms. The zero-order chi connectivity index (χ0) is 12.7. The van der Waals surface area contributed by atoms with Crippen molar-refractivity contribution in [2.75, 3.05) is 18.1 Å². The van der Waals surface area contributed by atoms with Crippen LogP contribution in [0.2, 0.25) is 0 Å². The van der Waals surface area contributed by atoms with Crippen molar-refractivity contribution < 1.29 is 14.6 Å². The van der Waals surface area contributed by atoms with E-state index in [0.29, 0.717) is 18.8 Å². The molecular weight excluding hydrogens is 218 g/mol. The van der Waals surface area contributed by atoms with Gasteiger partial charge in [-0.3, -0.25) is 4.90 Å². The van der Waals surface area contributed by atoms with Crippen LogP contribution in [0.15, 0.2) is 24.3 Å². The fraction of sp³-hybridized carbons (Fsp3) is 0.462. The molecule has 0 aromatic heterocycles. The van der Waals surface area contributed by atoms with Crippen molar-refractivity contribution in [1.29, 1.82) is 0 Å². The highest BCUT2D eigenvalue weighted by atomic mass is 16.5. The number of anilines is 1. The summed E-state index contributed by atoms with van der Waals surface area (Å²) in [6, 6.07) is 7.13. The Morgan fingerprint density at radius 2 is 1.94 bits per heavy atom. The molecule has 0 atom stereocenters. The molecule has 1 amide bonds. The molecule has 0 radical (unpaired) electrons. The van der Waals surface area contributed by atoms with E-state index in [1.807, 2.05) is 13.8 Å². The van der Waals surface area contributed by atoms with Gasteiger partial charge in [0.25, 0.3) is 0 Å². The maximum atomic E-state index is 11.1. The van der Waals surface area contributed by atoms with Crippen molar-refractivity contribution in [1.82, 2.24) is 0 Å². The molecule has 94 valence electrons. The molecule has 0 saturated carbocycles. The summed E-state index contributed by atoms with van der Waals surface area (Å²) in [5, 5.41) is 9.12. The molecule has 0 fully saturated rings. The van der Waals surface area contributed by atoms with Crippen molar-refractivity contribution in [3.05, 3.63) is 24.3 Å². The van der Waals surface area contributed by atoms with Gasteiger partial charge >= 0.3 is 6.09 Å². The van der Waals surface area contributed by atoms with Gasteiger partial charge in [-0.25, -0.2) is 4.79 Å². The first-order chi connectivity index (χ1) is 8.19. The maximum Gasteiger partial charge on any atom is 0.411 e. The van der Waals surface area contributed by atoms with E-state index in [0.717, 1.165) is 18.6 Å². The van der Waals surface area contributed by atoms with Crippen LogP contribution in [-0.2, 0) is 0 Å². The van der Waals surface area contributed by atoms with Crippen LogP contribution < -0.4 is 9.64 Å². The third kappa shape index (κ3) is 3.98. The van der Waals surface area contributed by atoms with Crippen molar-refractivity contribution in [3.8, 4) is 5.75 Å². The summed E-state index contributed by atoms with van der Waals surface area (Å²) in [4.78, 5) is 12.5. The van der Waals surface area contributed by atoms with E-state index >= 15 is 0 Å². The minimum atomic E-state index is -0.914. The summed E-state index contributed by atoms with van der Waals surface area (Å²) in [6.45, 7) is 5.09. The third-order valence-corrected chi connectivity index (χ3v) is 2.43. The van der Waals surface area contributed by atoms with Gasteiger partial charge in [0.05, 0.1) is 6.61 Å². The fourth-order valence-corrected chi connectivity index (χ4v) is 1.54. The first kappa shape index (κ1) is 13.4. The average molecular weight is 237 g/mol. The number of carboxylic acid groups (broad SMARTS) is 1. The minimum Gasteiger partial charge on any atom is -0.494 e. The van der Waals surface area contributed by atoms with Gasteiger partial charge < -0.3 is 9.84 Å². The van der Waals surface area contributed by atoms with Crippen molar-refractivity contribution >= 4 is 11.8 Å². The van der Waals surface area contributed by atoms with Crippen LogP contribution in [0.3, 0.4) is 0 Å². The molecule has 0 spiro atoms. The molecule has 1 aromatic rings. The lowest BCUT2D eigenvalue weighted by atomic mass is 10.2. The van der Waals surface area contributed by atoms with Crippen LogP contribution in [0.5, 0.6) is 5.75 Å². The zero-order valence-electron chi connectivity index (χ0n) is 10.3. The average Bonchev–Trinajstić information content (AvgIpc) is 2.31. The highest BCUT2D eigenvalue weighted by molar-refractivity contribution is 5.85. The van der Waals surface area contributed by atoms with Gasteiger partial charge in [0, 0.05) is 12.2 Å². The van der Waals surface area contributed by atoms with E-state index in [2.05, 4.69) is 0 Å². The first-order valence-electron chi connectivity index (χ1n) is 5.92. The van der Waals surface area contributed by atoms with Crippen molar-refractivity contribution in [2.24, 2.45) is 0 Å². The summed E-state index contributed by atoms with van der Waals surface area (Å²) in [6.07, 6.45) is 0.919. The second-order valence-electron chi connectivity index (χ2n) is 3.71. The molecule has 0 aliphatic carbocycles. The van der Waals surface area contributed by atoms with Crippen LogP contribution in [-0.4, -0.2) is 24.4 Å². The smallest absolute Gasteiger partial charge is 0.411 e. The Hall–Kier alpha value is -1.71.